The highest BCUT2D eigenvalue weighted by Gasteiger charge is 2.25. The van der Waals surface area contributed by atoms with Crippen molar-refractivity contribution in [2.75, 3.05) is 11.4 Å². The summed E-state index contributed by atoms with van der Waals surface area (Å²) in [4.78, 5) is 17.9. The van der Waals surface area contributed by atoms with Crippen molar-refractivity contribution in [2.24, 2.45) is 5.92 Å². The molecule has 2 heterocycles. The molecule has 0 amide bonds. The minimum atomic E-state index is 0.297. The standard InChI is InChI=1S/C14H13ClN2OS/c1-9-6-10-4-2-3-5-11(10)17(7-9)14-16-13(15)12(8-18)19-14/h2-5,8-9H,6-7H2,1H3. The predicted octanol–water partition coefficient (Wildman–Crippen LogP) is 3.94. The van der Waals surface area contributed by atoms with Gasteiger partial charge in [0.2, 0.25) is 0 Å². The largest absolute Gasteiger partial charge is 0.317 e. The summed E-state index contributed by atoms with van der Waals surface area (Å²) in [7, 11) is 0. The third kappa shape index (κ3) is 2.26. The zero-order valence-electron chi connectivity index (χ0n) is 10.5. The minimum Gasteiger partial charge on any atom is -0.317 e. The van der Waals surface area contributed by atoms with Crippen LogP contribution in [0, 0.1) is 5.92 Å². The number of rotatable bonds is 2. The Kier molecular flexibility index (Phi) is 3.29. The molecule has 0 N–H and O–H groups in total. The van der Waals surface area contributed by atoms with E-state index in [1.165, 1.54) is 22.6 Å². The molecule has 5 heteroatoms. The molecular weight excluding hydrogens is 280 g/mol. The zero-order chi connectivity index (χ0) is 13.4. The Morgan fingerprint density at radius 2 is 2.26 bits per heavy atom. The summed E-state index contributed by atoms with van der Waals surface area (Å²) >= 11 is 7.32. The minimum absolute atomic E-state index is 0.297. The molecule has 1 unspecified atom stereocenters. The van der Waals surface area contributed by atoms with Crippen molar-refractivity contribution in [1.82, 2.24) is 4.98 Å². The summed E-state index contributed by atoms with van der Waals surface area (Å²) < 4.78 is 0. The summed E-state index contributed by atoms with van der Waals surface area (Å²) in [5.74, 6) is 0.553. The van der Waals surface area contributed by atoms with Gasteiger partial charge >= 0.3 is 0 Å². The molecule has 0 bridgehead atoms. The molecule has 3 rings (SSSR count). The fraction of sp³-hybridized carbons (Fsp3) is 0.286. The van der Waals surface area contributed by atoms with Crippen LogP contribution in [0.15, 0.2) is 24.3 Å². The van der Waals surface area contributed by atoms with Crippen LogP contribution >= 0.6 is 22.9 Å². The van der Waals surface area contributed by atoms with E-state index in [0.29, 0.717) is 15.9 Å². The third-order valence-electron chi connectivity index (χ3n) is 3.28. The second-order valence-electron chi connectivity index (χ2n) is 4.82. The number of anilines is 2. The van der Waals surface area contributed by atoms with Crippen LogP contribution in [0.3, 0.4) is 0 Å². The molecule has 0 fully saturated rings. The number of thiazole rings is 1. The van der Waals surface area contributed by atoms with Gasteiger partial charge in [0, 0.05) is 12.2 Å². The zero-order valence-corrected chi connectivity index (χ0v) is 12.0. The summed E-state index contributed by atoms with van der Waals surface area (Å²) in [5, 5.41) is 1.09. The van der Waals surface area contributed by atoms with E-state index in [2.05, 4.69) is 35.0 Å². The Labute approximate surface area is 120 Å². The monoisotopic (exact) mass is 292 g/mol. The lowest BCUT2D eigenvalue weighted by Crippen LogP contribution is -2.30. The van der Waals surface area contributed by atoms with Crippen LogP contribution in [0.25, 0.3) is 0 Å². The molecule has 1 aromatic heterocycles. The fourth-order valence-electron chi connectivity index (χ4n) is 2.47. The van der Waals surface area contributed by atoms with Crippen molar-refractivity contribution < 1.29 is 4.79 Å². The van der Waals surface area contributed by atoms with Crippen LogP contribution < -0.4 is 4.90 Å². The van der Waals surface area contributed by atoms with Gasteiger partial charge in [0.15, 0.2) is 16.6 Å². The number of halogens is 1. The van der Waals surface area contributed by atoms with Crippen LogP contribution in [0.4, 0.5) is 10.8 Å². The van der Waals surface area contributed by atoms with Crippen LogP contribution in [-0.2, 0) is 6.42 Å². The highest BCUT2D eigenvalue weighted by molar-refractivity contribution is 7.17. The van der Waals surface area contributed by atoms with Gasteiger partial charge in [0.1, 0.15) is 4.88 Å². The van der Waals surface area contributed by atoms with Crippen LogP contribution in [0.1, 0.15) is 22.2 Å². The number of aldehydes is 1. The van der Waals surface area contributed by atoms with E-state index in [1.54, 1.807) is 0 Å². The molecule has 2 aromatic rings. The molecule has 0 radical (unpaired) electrons. The molecule has 1 aliphatic rings. The van der Waals surface area contributed by atoms with Crippen molar-refractivity contribution >= 4 is 40.0 Å². The van der Waals surface area contributed by atoms with Crippen LogP contribution in [-0.4, -0.2) is 17.8 Å². The lowest BCUT2D eigenvalue weighted by molar-refractivity contribution is 0.112. The Morgan fingerprint density at radius 3 is 3.00 bits per heavy atom. The predicted molar refractivity (Wildman–Crippen MR) is 78.8 cm³/mol. The van der Waals surface area contributed by atoms with Crippen molar-refractivity contribution in [1.29, 1.82) is 0 Å². The second-order valence-corrected chi connectivity index (χ2v) is 6.19. The van der Waals surface area contributed by atoms with E-state index < -0.39 is 0 Å². The number of aromatic nitrogens is 1. The number of hydrogen-bond acceptors (Lipinski definition) is 4. The molecule has 3 nitrogen and oxygen atoms in total. The molecule has 0 aliphatic carbocycles. The van der Waals surface area contributed by atoms with E-state index >= 15 is 0 Å². The Hall–Kier alpha value is -1.39. The molecule has 98 valence electrons. The molecule has 19 heavy (non-hydrogen) atoms. The van der Waals surface area contributed by atoms with Crippen molar-refractivity contribution in [3.05, 3.63) is 39.9 Å². The Balaban J connectivity index is 2.07. The van der Waals surface area contributed by atoms with Gasteiger partial charge in [-0.3, -0.25) is 4.79 Å². The normalized spacial score (nSPS) is 18.2. The van der Waals surface area contributed by atoms with E-state index in [4.69, 9.17) is 11.6 Å². The lowest BCUT2D eigenvalue weighted by atomic mass is 9.94. The van der Waals surface area contributed by atoms with Gasteiger partial charge in [0.25, 0.3) is 0 Å². The second kappa shape index (κ2) is 4.94. The summed E-state index contributed by atoms with van der Waals surface area (Å²) in [5.41, 5.74) is 2.49. The van der Waals surface area contributed by atoms with E-state index in [1.807, 2.05) is 6.07 Å². The van der Waals surface area contributed by atoms with E-state index in [-0.39, 0.29) is 0 Å². The summed E-state index contributed by atoms with van der Waals surface area (Å²) in [6.45, 7) is 3.12. The highest BCUT2D eigenvalue weighted by atomic mass is 35.5. The maximum atomic E-state index is 10.9. The van der Waals surface area contributed by atoms with Crippen molar-refractivity contribution in [2.45, 2.75) is 13.3 Å². The topological polar surface area (TPSA) is 33.2 Å². The first-order valence-electron chi connectivity index (χ1n) is 6.16. The first-order chi connectivity index (χ1) is 9.19. The molecule has 1 atom stereocenters. The summed E-state index contributed by atoms with van der Waals surface area (Å²) in [6.07, 6.45) is 1.84. The number of carbonyl (C=O) groups is 1. The van der Waals surface area contributed by atoms with Gasteiger partial charge in [-0.25, -0.2) is 4.98 Å². The average Bonchev–Trinajstić information content (AvgIpc) is 2.79. The number of benzene rings is 1. The highest BCUT2D eigenvalue weighted by Crippen LogP contribution is 2.38. The average molecular weight is 293 g/mol. The molecule has 0 saturated heterocycles. The number of para-hydroxylation sites is 1. The van der Waals surface area contributed by atoms with E-state index in [0.717, 1.165) is 24.4 Å². The summed E-state index contributed by atoms with van der Waals surface area (Å²) in [6, 6.07) is 8.32. The van der Waals surface area contributed by atoms with Crippen molar-refractivity contribution in [3.8, 4) is 0 Å². The Bertz CT molecular complexity index is 626. The maximum Gasteiger partial charge on any atom is 0.192 e. The molecular formula is C14H13ClN2OS. The molecule has 1 aliphatic heterocycles. The van der Waals surface area contributed by atoms with Gasteiger partial charge in [0.05, 0.1) is 0 Å². The SMILES string of the molecule is CC1Cc2ccccc2N(c2nc(Cl)c(C=O)s2)C1. The van der Waals surface area contributed by atoms with Crippen LogP contribution in [0.2, 0.25) is 5.15 Å². The van der Waals surface area contributed by atoms with Gasteiger partial charge in [-0.1, -0.05) is 48.1 Å². The van der Waals surface area contributed by atoms with E-state index in [9.17, 15) is 4.79 Å². The molecule has 0 spiro atoms. The number of carbonyl (C=O) groups excluding carboxylic acids is 1. The van der Waals surface area contributed by atoms with Gasteiger partial charge in [-0.05, 0) is 24.0 Å². The van der Waals surface area contributed by atoms with Gasteiger partial charge in [-0.15, -0.1) is 0 Å². The Morgan fingerprint density at radius 1 is 1.47 bits per heavy atom. The number of fused-ring (bicyclic) bond motifs is 1. The maximum absolute atomic E-state index is 10.9. The number of nitrogens with zero attached hydrogens (tertiary/aromatic N) is 2. The quantitative estimate of drug-likeness (QED) is 0.786. The van der Waals surface area contributed by atoms with Gasteiger partial charge < -0.3 is 4.90 Å². The van der Waals surface area contributed by atoms with Crippen LogP contribution in [0.5, 0.6) is 0 Å². The first-order valence-corrected chi connectivity index (χ1v) is 7.35. The smallest absolute Gasteiger partial charge is 0.192 e. The van der Waals surface area contributed by atoms with Crippen molar-refractivity contribution in [3.63, 3.8) is 0 Å². The number of hydrogen-bond donors (Lipinski definition) is 0. The first kappa shape index (κ1) is 12.6. The lowest BCUT2D eigenvalue weighted by Gasteiger charge is -2.32. The molecule has 1 aromatic carbocycles. The van der Waals surface area contributed by atoms with Gasteiger partial charge in [-0.2, -0.15) is 0 Å². The third-order valence-corrected chi connectivity index (χ3v) is 4.69. The fourth-order valence-corrected chi connectivity index (χ4v) is 3.55. The molecule has 0 saturated carbocycles.